The van der Waals surface area contributed by atoms with Gasteiger partial charge in [-0.25, -0.2) is 4.79 Å². The molecule has 0 saturated carbocycles. The van der Waals surface area contributed by atoms with E-state index in [0.717, 1.165) is 0 Å². The standard InChI is InChI=1S/C4H8ClNO3.ClH/c1-4(2,6)3(7)9-5-8;/h6H2,1-2H3;1H. The summed E-state index contributed by atoms with van der Waals surface area (Å²) < 4.78 is 13.5. The van der Waals surface area contributed by atoms with Crippen molar-refractivity contribution in [1.29, 1.82) is 0 Å². The van der Waals surface area contributed by atoms with Gasteiger partial charge in [-0.1, -0.05) is 0 Å². The molecule has 0 spiro atoms. The maximum Gasteiger partial charge on any atom is 0.396 e. The molecule has 0 aliphatic heterocycles. The van der Waals surface area contributed by atoms with Gasteiger partial charge in [0.25, 0.3) is 0 Å². The van der Waals surface area contributed by atoms with Gasteiger partial charge < -0.3 is 10.4 Å². The third-order valence-electron chi connectivity index (χ3n) is 0.628. The van der Waals surface area contributed by atoms with Crippen molar-refractivity contribution in [2.45, 2.75) is 19.4 Å². The molecule has 0 radical (unpaired) electrons. The Hall–Kier alpha value is -0.0300. The van der Waals surface area contributed by atoms with Gasteiger partial charge in [0.15, 0.2) is 0 Å². The minimum absolute atomic E-state index is 0. The second-order valence-electron chi connectivity index (χ2n) is 2.15. The summed E-state index contributed by atoms with van der Waals surface area (Å²) in [4.78, 5) is 10.5. The van der Waals surface area contributed by atoms with Crippen molar-refractivity contribution in [3.63, 3.8) is 0 Å². The van der Waals surface area contributed by atoms with E-state index in [1.165, 1.54) is 13.8 Å². The highest BCUT2D eigenvalue weighted by Crippen LogP contribution is 1.98. The highest BCUT2D eigenvalue weighted by molar-refractivity contribution is 5.85. The van der Waals surface area contributed by atoms with E-state index < -0.39 is 11.5 Å². The number of hydrogen-bond donors (Lipinski definition) is 1. The fraction of sp³-hybridized carbons (Fsp3) is 0.750. The minimum atomic E-state index is -1.09. The number of hydrogen-bond acceptors (Lipinski definition) is 4. The van der Waals surface area contributed by atoms with E-state index in [4.69, 9.17) is 5.73 Å². The van der Waals surface area contributed by atoms with Crippen LogP contribution in [0.4, 0.5) is 0 Å². The summed E-state index contributed by atoms with van der Waals surface area (Å²) in [6.07, 6.45) is 0. The van der Waals surface area contributed by atoms with Crippen LogP contribution in [0, 0.1) is 11.3 Å². The van der Waals surface area contributed by atoms with Crippen LogP contribution in [0.5, 0.6) is 0 Å². The zero-order valence-corrected chi connectivity index (χ0v) is 7.16. The fourth-order valence-electron chi connectivity index (χ4n) is 0.128. The van der Waals surface area contributed by atoms with Crippen LogP contribution >= 0.6 is 12.4 Å². The molecule has 0 bridgehead atoms. The molecule has 0 aromatic carbocycles. The molecule has 0 rings (SSSR count). The van der Waals surface area contributed by atoms with Gasteiger partial charge in [0.05, 0.1) is 0 Å². The number of rotatable bonds is 2. The van der Waals surface area contributed by atoms with Gasteiger partial charge >= 0.3 is 17.3 Å². The molecule has 0 unspecified atom stereocenters. The molecule has 62 valence electrons. The lowest BCUT2D eigenvalue weighted by Crippen LogP contribution is -2.43. The van der Waals surface area contributed by atoms with Crippen molar-refractivity contribution in [2.24, 2.45) is 5.73 Å². The zero-order valence-electron chi connectivity index (χ0n) is 5.59. The number of nitrogens with two attached hydrogens (primary N) is 1. The highest BCUT2D eigenvalue weighted by Gasteiger charge is 2.27. The van der Waals surface area contributed by atoms with E-state index in [0.29, 0.717) is 0 Å². The van der Waals surface area contributed by atoms with Crippen LogP contribution < -0.4 is 10.4 Å². The Balaban J connectivity index is 0. The molecular formula is C4H9Cl2NO3. The van der Waals surface area contributed by atoms with Gasteiger partial charge in [0.1, 0.15) is 5.54 Å². The summed E-state index contributed by atoms with van der Waals surface area (Å²) in [5.74, 6) is -0.731. The van der Waals surface area contributed by atoms with Crippen molar-refractivity contribution in [3.05, 3.63) is 0 Å². The summed E-state index contributed by atoms with van der Waals surface area (Å²) in [6, 6.07) is 0. The van der Waals surface area contributed by atoms with E-state index >= 15 is 0 Å². The first-order valence-corrected chi connectivity index (χ1v) is 2.87. The van der Waals surface area contributed by atoms with Gasteiger partial charge in [-0.3, -0.25) is 0 Å². The van der Waals surface area contributed by atoms with Crippen LogP contribution in [0.15, 0.2) is 0 Å². The van der Waals surface area contributed by atoms with Crippen LogP contribution in [0.2, 0.25) is 0 Å². The first-order valence-electron chi connectivity index (χ1n) is 2.26. The predicted molar refractivity (Wildman–Crippen MR) is 31.6 cm³/mol. The molecule has 0 aromatic heterocycles. The lowest BCUT2D eigenvalue weighted by atomic mass is 10.1. The normalized spacial score (nSPS) is 10.0. The van der Waals surface area contributed by atoms with Crippen LogP contribution in [-0.4, -0.2) is 11.5 Å². The van der Waals surface area contributed by atoms with E-state index in [-0.39, 0.29) is 23.7 Å². The largest absolute Gasteiger partial charge is 0.495 e. The monoisotopic (exact) mass is 189 g/mol. The molecule has 0 aliphatic carbocycles. The number of carbonyl (C=O) groups excluding carboxylic acids is 1. The Morgan fingerprint density at radius 1 is 1.70 bits per heavy atom. The lowest BCUT2D eigenvalue weighted by molar-refractivity contribution is -1.26. The summed E-state index contributed by atoms with van der Waals surface area (Å²) in [6.45, 7) is 2.91. The Bertz CT molecular complexity index is 112. The third kappa shape index (κ3) is 4.81. The van der Waals surface area contributed by atoms with Gasteiger partial charge in [0, 0.05) is 0 Å². The highest BCUT2D eigenvalue weighted by atomic mass is 35.6. The first kappa shape index (κ1) is 12.6. The molecular weight excluding hydrogens is 181 g/mol. The third-order valence-corrected chi connectivity index (χ3v) is 0.831. The van der Waals surface area contributed by atoms with Gasteiger partial charge in [-0.2, -0.15) is 4.29 Å². The lowest BCUT2D eigenvalue weighted by Gasteiger charge is -2.09. The summed E-state index contributed by atoms with van der Waals surface area (Å²) in [7, 11) is 0. The SMILES string of the molecule is CC(C)(N)C(=O)O[Cl+][O-].Cl. The molecule has 0 heterocycles. The van der Waals surface area contributed by atoms with Crippen molar-refractivity contribution >= 4 is 18.4 Å². The second kappa shape index (κ2) is 4.73. The van der Waals surface area contributed by atoms with Gasteiger partial charge in [-0.15, -0.1) is 12.4 Å². The predicted octanol–water partition coefficient (Wildman–Crippen LogP) is -1.04. The Labute approximate surface area is 69.2 Å². The molecule has 10 heavy (non-hydrogen) atoms. The summed E-state index contributed by atoms with van der Waals surface area (Å²) >= 11 is 0.170. The molecule has 4 nitrogen and oxygen atoms in total. The molecule has 0 saturated heterocycles. The first-order chi connectivity index (χ1) is 3.98. The quantitative estimate of drug-likeness (QED) is 0.603. The maximum absolute atomic E-state index is 10.5. The van der Waals surface area contributed by atoms with Gasteiger partial charge in [-0.05, 0) is 13.8 Å². The summed E-state index contributed by atoms with van der Waals surface area (Å²) in [5.41, 5.74) is 4.14. The Kier molecular flexibility index (Phi) is 5.98. The van der Waals surface area contributed by atoms with Crippen LogP contribution in [0.3, 0.4) is 0 Å². The van der Waals surface area contributed by atoms with Crippen LogP contribution in [-0.2, 0) is 9.08 Å². The van der Waals surface area contributed by atoms with Crippen molar-refractivity contribution in [2.75, 3.05) is 0 Å². The average Bonchev–Trinajstić information content (AvgIpc) is 1.64. The van der Waals surface area contributed by atoms with E-state index in [1.54, 1.807) is 0 Å². The maximum atomic E-state index is 10.5. The van der Waals surface area contributed by atoms with Crippen molar-refractivity contribution in [3.8, 4) is 0 Å². The molecule has 0 fully saturated rings. The average molecular weight is 190 g/mol. The van der Waals surface area contributed by atoms with Crippen LogP contribution in [0.1, 0.15) is 13.8 Å². The number of carbonyl (C=O) groups is 1. The van der Waals surface area contributed by atoms with Crippen molar-refractivity contribution in [1.82, 2.24) is 0 Å². The van der Waals surface area contributed by atoms with Gasteiger partial charge in [0.2, 0.25) is 0 Å². The minimum Gasteiger partial charge on any atom is -0.495 e. The molecule has 6 heteroatoms. The number of halogens is 2. The van der Waals surface area contributed by atoms with E-state index in [9.17, 15) is 9.45 Å². The topological polar surface area (TPSA) is 75.4 Å². The Morgan fingerprint density at radius 3 is 2.20 bits per heavy atom. The molecule has 2 N–H and O–H groups in total. The zero-order chi connectivity index (χ0) is 7.49. The Morgan fingerprint density at radius 2 is 2.10 bits per heavy atom. The van der Waals surface area contributed by atoms with E-state index in [1.807, 2.05) is 0 Å². The smallest absolute Gasteiger partial charge is 0.396 e. The molecule has 0 atom stereocenters. The second-order valence-corrected chi connectivity index (χ2v) is 2.43. The molecule has 0 amide bonds. The molecule has 0 aliphatic rings. The van der Waals surface area contributed by atoms with Crippen LogP contribution in [0.25, 0.3) is 0 Å². The fourth-order valence-corrected chi connectivity index (χ4v) is 0.384. The summed E-state index contributed by atoms with van der Waals surface area (Å²) in [5, 5.41) is 0. The molecule has 0 aromatic rings. The van der Waals surface area contributed by atoms with Crippen molar-refractivity contribution < 1.29 is 25.1 Å². The van der Waals surface area contributed by atoms with E-state index in [2.05, 4.69) is 4.29 Å².